The minimum absolute atomic E-state index is 0.0525. The van der Waals surface area contributed by atoms with E-state index in [1.807, 2.05) is 6.08 Å². The maximum absolute atomic E-state index is 14.0. The number of ether oxygens (including phenoxy) is 1. The molecule has 2 heterocycles. The molecule has 3 aliphatic rings. The highest BCUT2D eigenvalue weighted by Crippen LogP contribution is 2.36. The zero-order chi connectivity index (χ0) is 15.6. The number of fused-ring (bicyclic) bond motifs is 2. The molecular weight excluding hydrogens is 291 g/mol. The molecule has 1 aliphatic carbocycles. The summed E-state index contributed by atoms with van der Waals surface area (Å²) in [7, 11) is 0. The monoisotopic (exact) mass is 314 g/mol. The molecule has 0 saturated carbocycles. The van der Waals surface area contributed by atoms with Gasteiger partial charge in [0.05, 0.1) is 12.2 Å². The Morgan fingerprint density at radius 3 is 2.70 bits per heavy atom. The highest BCUT2D eigenvalue weighted by Gasteiger charge is 2.23. The van der Waals surface area contributed by atoms with Gasteiger partial charge in [0.1, 0.15) is 18.2 Å². The molecule has 122 valence electrons. The number of hydrogen-bond donors (Lipinski definition) is 1. The van der Waals surface area contributed by atoms with Crippen LogP contribution < -0.4 is 15.0 Å². The number of allylic oxidation sites excluding steroid dienone is 2. The van der Waals surface area contributed by atoms with Crippen LogP contribution in [0.2, 0.25) is 0 Å². The molecule has 4 heteroatoms. The van der Waals surface area contributed by atoms with E-state index in [0.717, 1.165) is 62.3 Å². The first-order chi connectivity index (χ1) is 11.3. The smallest absolute Gasteiger partial charge is 0.142 e. The van der Waals surface area contributed by atoms with E-state index in [9.17, 15) is 4.39 Å². The fourth-order valence-corrected chi connectivity index (χ4v) is 3.65. The number of nitrogens with one attached hydrogen (secondary N) is 1. The second kappa shape index (κ2) is 6.36. The average molecular weight is 314 g/mol. The number of nitrogens with zero attached hydrogens (tertiary/aromatic N) is 1. The third kappa shape index (κ3) is 3.00. The van der Waals surface area contributed by atoms with Gasteiger partial charge in [-0.05, 0) is 68.1 Å². The lowest BCUT2D eigenvalue weighted by Crippen LogP contribution is -2.34. The van der Waals surface area contributed by atoms with E-state index >= 15 is 0 Å². The molecule has 1 aromatic carbocycles. The standard InChI is InChI=1S/C19H23FN2O/c20-17-4-2-1-3-16(17)13-22-9-10-23-19-12-15-6-8-21-7-5-14(15)11-18(19)22/h3-4,11-12,21H,1-2,5-10,13H2. The van der Waals surface area contributed by atoms with E-state index in [0.29, 0.717) is 13.2 Å². The summed E-state index contributed by atoms with van der Waals surface area (Å²) in [6.45, 7) is 4.17. The van der Waals surface area contributed by atoms with E-state index < -0.39 is 0 Å². The van der Waals surface area contributed by atoms with E-state index in [1.165, 1.54) is 11.1 Å². The minimum Gasteiger partial charge on any atom is -0.490 e. The van der Waals surface area contributed by atoms with Gasteiger partial charge >= 0.3 is 0 Å². The van der Waals surface area contributed by atoms with Crippen LogP contribution >= 0.6 is 0 Å². The van der Waals surface area contributed by atoms with Gasteiger partial charge in [-0.15, -0.1) is 0 Å². The number of rotatable bonds is 2. The van der Waals surface area contributed by atoms with Gasteiger partial charge in [-0.2, -0.15) is 0 Å². The van der Waals surface area contributed by atoms with Crippen LogP contribution in [0.5, 0.6) is 5.75 Å². The Hall–Kier alpha value is -1.81. The SMILES string of the molecule is FC1=CCCC=C1CN1CCOc2cc3c(cc21)CCNCC3. The van der Waals surface area contributed by atoms with Crippen molar-refractivity contribution in [3.63, 3.8) is 0 Å². The Bertz CT molecular complexity index is 666. The lowest BCUT2D eigenvalue weighted by molar-refractivity contribution is 0.308. The molecule has 3 nitrogen and oxygen atoms in total. The number of hydrogen-bond acceptors (Lipinski definition) is 3. The van der Waals surface area contributed by atoms with Crippen molar-refractivity contribution in [1.29, 1.82) is 0 Å². The van der Waals surface area contributed by atoms with Crippen molar-refractivity contribution < 1.29 is 9.13 Å². The molecule has 2 aliphatic heterocycles. The Balaban J connectivity index is 1.64. The lowest BCUT2D eigenvalue weighted by atomic mass is 9.99. The number of halogens is 1. The highest BCUT2D eigenvalue weighted by molar-refractivity contribution is 5.64. The van der Waals surface area contributed by atoms with E-state index in [4.69, 9.17) is 4.74 Å². The molecule has 4 rings (SSSR count). The van der Waals surface area contributed by atoms with E-state index in [-0.39, 0.29) is 5.83 Å². The molecule has 1 N–H and O–H groups in total. The maximum Gasteiger partial charge on any atom is 0.142 e. The Labute approximate surface area is 136 Å². The summed E-state index contributed by atoms with van der Waals surface area (Å²) in [6, 6.07) is 4.47. The predicted molar refractivity (Wildman–Crippen MR) is 90.9 cm³/mol. The van der Waals surface area contributed by atoms with Crippen molar-refractivity contribution in [3.05, 3.63) is 46.8 Å². The molecule has 23 heavy (non-hydrogen) atoms. The van der Waals surface area contributed by atoms with Gasteiger partial charge in [0.2, 0.25) is 0 Å². The topological polar surface area (TPSA) is 24.5 Å². The molecule has 0 fully saturated rings. The molecule has 0 unspecified atom stereocenters. The van der Waals surface area contributed by atoms with Crippen LogP contribution in [0.25, 0.3) is 0 Å². The van der Waals surface area contributed by atoms with Crippen LogP contribution in [-0.4, -0.2) is 32.8 Å². The summed E-state index contributed by atoms with van der Waals surface area (Å²) < 4.78 is 19.9. The highest BCUT2D eigenvalue weighted by atomic mass is 19.1. The van der Waals surface area contributed by atoms with Crippen molar-refractivity contribution in [1.82, 2.24) is 5.32 Å². The average Bonchev–Trinajstić information content (AvgIpc) is 2.80. The normalized spacial score (nSPS) is 20.7. The zero-order valence-electron chi connectivity index (χ0n) is 13.4. The summed E-state index contributed by atoms with van der Waals surface area (Å²) in [4.78, 5) is 2.27. The van der Waals surface area contributed by atoms with Crippen LogP contribution in [0.1, 0.15) is 24.0 Å². The summed E-state index contributed by atoms with van der Waals surface area (Å²) >= 11 is 0. The lowest BCUT2D eigenvalue weighted by Gasteiger charge is -2.33. The molecule has 0 amide bonds. The molecule has 0 saturated heterocycles. The van der Waals surface area contributed by atoms with Crippen molar-refractivity contribution in [2.24, 2.45) is 0 Å². The minimum atomic E-state index is -0.0525. The predicted octanol–water partition coefficient (Wildman–Crippen LogP) is 3.15. The largest absolute Gasteiger partial charge is 0.490 e. The van der Waals surface area contributed by atoms with Crippen molar-refractivity contribution in [2.45, 2.75) is 25.7 Å². The second-order valence-corrected chi connectivity index (χ2v) is 6.47. The van der Waals surface area contributed by atoms with Crippen LogP contribution in [0.4, 0.5) is 10.1 Å². The first-order valence-corrected chi connectivity index (χ1v) is 8.60. The second-order valence-electron chi connectivity index (χ2n) is 6.47. The summed E-state index contributed by atoms with van der Waals surface area (Å²) in [5.41, 5.74) is 4.73. The van der Waals surface area contributed by atoms with Crippen LogP contribution in [0, 0.1) is 0 Å². The fraction of sp³-hybridized carbons (Fsp3) is 0.474. The first-order valence-electron chi connectivity index (χ1n) is 8.60. The molecule has 0 atom stereocenters. The van der Waals surface area contributed by atoms with Gasteiger partial charge in [0, 0.05) is 12.1 Å². The van der Waals surface area contributed by atoms with Crippen LogP contribution in [0.15, 0.2) is 35.7 Å². The van der Waals surface area contributed by atoms with Crippen LogP contribution in [-0.2, 0) is 12.8 Å². The molecule has 0 bridgehead atoms. The van der Waals surface area contributed by atoms with E-state index in [1.54, 1.807) is 6.08 Å². The first kappa shape index (κ1) is 14.8. The van der Waals surface area contributed by atoms with Crippen molar-refractivity contribution in [3.8, 4) is 5.75 Å². The molecule has 0 spiro atoms. The van der Waals surface area contributed by atoms with Gasteiger partial charge < -0.3 is 15.0 Å². The quantitative estimate of drug-likeness (QED) is 0.907. The van der Waals surface area contributed by atoms with Crippen LogP contribution in [0.3, 0.4) is 0 Å². The van der Waals surface area contributed by atoms with Gasteiger partial charge in [0.15, 0.2) is 0 Å². The Morgan fingerprint density at radius 2 is 1.87 bits per heavy atom. The van der Waals surface area contributed by atoms with Crippen molar-refractivity contribution in [2.75, 3.05) is 37.7 Å². The molecule has 1 aromatic rings. The van der Waals surface area contributed by atoms with Gasteiger partial charge in [-0.25, -0.2) is 4.39 Å². The Morgan fingerprint density at radius 1 is 1.09 bits per heavy atom. The Kier molecular flexibility index (Phi) is 4.08. The third-order valence-corrected chi connectivity index (χ3v) is 4.93. The van der Waals surface area contributed by atoms with E-state index in [2.05, 4.69) is 22.3 Å². The summed E-state index contributed by atoms with van der Waals surface area (Å²) in [6.07, 6.45) is 7.60. The third-order valence-electron chi connectivity index (χ3n) is 4.93. The number of benzene rings is 1. The van der Waals surface area contributed by atoms with Gasteiger partial charge in [-0.1, -0.05) is 6.08 Å². The zero-order valence-corrected chi connectivity index (χ0v) is 13.4. The van der Waals surface area contributed by atoms with Gasteiger partial charge in [-0.3, -0.25) is 0 Å². The molecule has 0 radical (unpaired) electrons. The number of anilines is 1. The summed E-state index contributed by atoms with van der Waals surface area (Å²) in [5.74, 6) is 0.904. The molecule has 0 aromatic heterocycles. The van der Waals surface area contributed by atoms with Gasteiger partial charge in [0.25, 0.3) is 0 Å². The summed E-state index contributed by atoms with van der Waals surface area (Å²) in [5, 5.41) is 3.45. The molecular formula is C19H23FN2O. The fourth-order valence-electron chi connectivity index (χ4n) is 3.65. The van der Waals surface area contributed by atoms with Crippen molar-refractivity contribution >= 4 is 5.69 Å². The maximum atomic E-state index is 14.0.